The second-order valence-electron chi connectivity index (χ2n) is 4.74. The number of hydrogen-bond acceptors (Lipinski definition) is 4. The van der Waals surface area contributed by atoms with Crippen LogP contribution in [-0.2, 0) is 6.42 Å². The zero-order valence-electron chi connectivity index (χ0n) is 11.9. The van der Waals surface area contributed by atoms with Gasteiger partial charge in [0.25, 0.3) is 0 Å². The topological polar surface area (TPSA) is 59.0 Å². The highest BCUT2D eigenvalue weighted by Gasteiger charge is 2.06. The fourth-order valence-electron chi connectivity index (χ4n) is 2.03. The molecule has 0 radical (unpaired) electrons. The average Bonchev–Trinajstić information content (AvgIpc) is 3.05. The maximum Gasteiger partial charge on any atom is 0.226 e. The van der Waals surface area contributed by atoms with Crippen molar-refractivity contribution < 1.29 is 9.15 Å². The van der Waals surface area contributed by atoms with Gasteiger partial charge in [-0.2, -0.15) is 5.26 Å². The summed E-state index contributed by atoms with van der Waals surface area (Å²) in [6.07, 6.45) is 2.32. The Bertz CT molecular complexity index is 771. The standard InChI is InChI=1S/C18H14N2O2/c19-12-14-6-8-17(9-7-14)21-11-10-16-13-22-18(20-16)15-4-2-1-3-5-15/h1-9,13H,10-11H2. The molecule has 108 valence electrons. The Morgan fingerprint density at radius 2 is 1.82 bits per heavy atom. The van der Waals surface area contributed by atoms with Crippen LogP contribution in [0, 0.1) is 11.3 Å². The third kappa shape index (κ3) is 3.33. The highest BCUT2D eigenvalue weighted by Crippen LogP contribution is 2.18. The van der Waals surface area contributed by atoms with Crippen molar-refractivity contribution in [1.29, 1.82) is 5.26 Å². The van der Waals surface area contributed by atoms with E-state index >= 15 is 0 Å². The molecule has 0 amide bonds. The molecular weight excluding hydrogens is 276 g/mol. The van der Waals surface area contributed by atoms with Crippen LogP contribution in [-0.4, -0.2) is 11.6 Å². The van der Waals surface area contributed by atoms with E-state index in [2.05, 4.69) is 11.1 Å². The molecule has 0 unspecified atom stereocenters. The molecule has 1 aromatic heterocycles. The first-order chi connectivity index (χ1) is 10.8. The van der Waals surface area contributed by atoms with Crippen LogP contribution in [0.5, 0.6) is 5.75 Å². The van der Waals surface area contributed by atoms with Gasteiger partial charge in [0, 0.05) is 12.0 Å². The average molecular weight is 290 g/mol. The first-order valence-electron chi connectivity index (χ1n) is 6.98. The van der Waals surface area contributed by atoms with E-state index in [9.17, 15) is 0 Å². The molecule has 0 atom stereocenters. The monoisotopic (exact) mass is 290 g/mol. The molecule has 0 aliphatic heterocycles. The molecule has 0 N–H and O–H groups in total. The quantitative estimate of drug-likeness (QED) is 0.716. The first-order valence-corrected chi connectivity index (χ1v) is 6.98. The Balaban J connectivity index is 1.56. The summed E-state index contributed by atoms with van der Waals surface area (Å²) >= 11 is 0. The third-order valence-corrected chi connectivity index (χ3v) is 3.18. The van der Waals surface area contributed by atoms with E-state index in [1.807, 2.05) is 30.3 Å². The first kappa shape index (κ1) is 13.9. The molecule has 0 aliphatic rings. The van der Waals surface area contributed by atoms with Crippen molar-refractivity contribution in [1.82, 2.24) is 4.98 Å². The highest BCUT2D eigenvalue weighted by molar-refractivity contribution is 5.52. The lowest BCUT2D eigenvalue weighted by molar-refractivity contribution is 0.320. The molecule has 0 aliphatic carbocycles. The van der Waals surface area contributed by atoms with Gasteiger partial charge in [0.1, 0.15) is 12.0 Å². The maximum absolute atomic E-state index is 8.74. The number of rotatable bonds is 5. The van der Waals surface area contributed by atoms with Crippen molar-refractivity contribution in [2.45, 2.75) is 6.42 Å². The minimum Gasteiger partial charge on any atom is -0.493 e. The van der Waals surface area contributed by atoms with E-state index in [4.69, 9.17) is 14.4 Å². The minimum absolute atomic E-state index is 0.507. The summed E-state index contributed by atoms with van der Waals surface area (Å²) in [5.74, 6) is 1.36. The zero-order valence-corrected chi connectivity index (χ0v) is 11.9. The van der Waals surface area contributed by atoms with E-state index in [1.54, 1.807) is 30.5 Å². The minimum atomic E-state index is 0.507. The third-order valence-electron chi connectivity index (χ3n) is 3.18. The van der Waals surface area contributed by atoms with Crippen LogP contribution < -0.4 is 4.74 Å². The Morgan fingerprint density at radius 1 is 1.05 bits per heavy atom. The van der Waals surface area contributed by atoms with Gasteiger partial charge in [-0.1, -0.05) is 18.2 Å². The summed E-state index contributed by atoms with van der Waals surface area (Å²) in [6, 6.07) is 18.9. The normalized spacial score (nSPS) is 10.1. The van der Waals surface area contributed by atoms with Crippen LogP contribution in [0.2, 0.25) is 0 Å². The molecule has 22 heavy (non-hydrogen) atoms. The Morgan fingerprint density at radius 3 is 2.55 bits per heavy atom. The van der Waals surface area contributed by atoms with E-state index in [-0.39, 0.29) is 0 Å². The second kappa shape index (κ2) is 6.59. The lowest BCUT2D eigenvalue weighted by Gasteiger charge is -2.04. The van der Waals surface area contributed by atoms with Gasteiger partial charge < -0.3 is 9.15 Å². The van der Waals surface area contributed by atoms with Crippen molar-refractivity contribution in [3.63, 3.8) is 0 Å². The molecule has 3 aromatic rings. The number of oxazole rings is 1. The lowest BCUT2D eigenvalue weighted by atomic mass is 10.2. The van der Waals surface area contributed by atoms with Crippen LogP contribution >= 0.6 is 0 Å². The van der Waals surface area contributed by atoms with Gasteiger partial charge in [0.05, 0.1) is 23.9 Å². The molecule has 3 rings (SSSR count). The Kier molecular flexibility index (Phi) is 4.17. The fourth-order valence-corrected chi connectivity index (χ4v) is 2.03. The molecule has 1 heterocycles. The summed E-state index contributed by atoms with van der Waals surface area (Å²) in [6.45, 7) is 0.507. The molecule has 0 spiro atoms. The van der Waals surface area contributed by atoms with Crippen molar-refractivity contribution in [3.05, 3.63) is 72.1 Å². The van der Waals surface area contributed by atoms with Crippen molar-refractivity contribution in [2.75, 3.05) is 6.61 Å². The van der Waals surface area contributed by atoms with Crippen LogP contribution in [0.4, 0.5) is 0 Å². The van der Waals surface area contributed by atoms with Gasteiger partial charge in [-0.3, -0.25) is 0 Å². The summed E-state index contributed by atoms with van der Waals surface area (Å²) in [5, 5.41) is 8.74. The predicted octanol–water partition coefficient (Wildman–Crippen LogP) is 3.83. The number of hydrogen-bond donors (Lipinski definition) is 0. The van der Waals surface area contributed by atoms with Gasteiger partial charge in [-0.15, -0.1) is 0 Å². The number of nitrogens with zero attached hydrogens (tertiary/aromatic N) is 2. The highest BCUT2D eigenvalue weighted by atomic mass is 16.5. The molecule has 0 saturated heterocycles. The lowest BCUT2D eigenvalue weighted by Crippen LogP contribution is -2.01. The van der Waals surface area contributed by atoms with Gasteiger partial charge in [-0.05, 0) is 36.4 Å². The van der Waals surface area contributed by atoms with E-state index in [0.29, 0.717) is 24.5 Å². The van der Waals surface area contributed by atoms with Gasteiger partial charge >= 0.3 is 0 Å². The molecule has 4 heteroatoms. The van der Waals surface area contributed by atoms with Gasteiger partial charge in [-0.25, -0.2) is 4.98 Å². The Hall–Kier alpha value is -3.06. The molecule has 0 fully saturated rings. The zero-order chi connectivity index (χ0) is 15.2. The van der Waals surface area contributed by atoms with E-state index < -0.39 is 0 Å². The van der Waals surface area contributed by atoms with Crippen molar-refractivity contribution in [3.8, 4) is 23.3 Å². The van der Waals surface area contributed by atoms with Crippen LogP contribution in [0.15, 0.2) is 65.3 Å². The smallest absolute Gasteiger partial charge is 0.226 e. The number of nitriles is 1. The number of aromatic nitrogens is 1. The van der Waals surface area contributed by atoms with E-state index in [0.717, 1.165) is 17.0 Å². The van der Waals surface area contributed by atoms with Crippen LogP contribution in [0.25, 0.3) is 11.5 Å². The second-order valence-corrected chi connectivity index (χ2v) is 4.74. The summed E-state index contributed by atoms with van der Waals surface area (Å²) in [4.78, 5) is 4.45. The van der Waals surface area contributed by atoms with Crippen molar-refractivity contribution >= 4 is 0 Å². The number of ether oxygens (including phenoxy) is 1. The molecule has 2 aromatic carbocycles. The number of benzene rings is 2. The summed E-state index contributed by atoms with van der Waals surface area (Å²) in [7, 11) is 0. The predicted molar refractivity (Wildman–Crippen MR) is 82.3 cm³/mol. The Labute approximate surface area is 128 Å². The van der Waals surface area contributed by atoms with Crippen LogP contribution in [0.3, 0.4) is 0 Å². The molecular formula is C18H14N2O2. The molecule has 4 nitrogen and oxygen atoms in total. The van der Waals surface area contributed by atoms with Crippen molar-refractivity contribution in [2.24, 2.45) is 0 Å². The maximum atomic E-state index is 8.74. The summed E-state index contributed by atoms with van der Waals surface area (Å²) < 4.78 is 11.1. The summed E-state index contributed by atoms with van der Waals surface area (Å²) in [5.41, 5.74) is 2.44. The largest absolute Gasteiger partial charge is 0.493 e. The fraction of sp³-hybridized carbons (Fsp3) is 0.111. The van der Waals surface area contributed by atoms with Crippen LogP contribution in [0.1, 0.15) is 11.3 Å². The molecule has 0 saturated carbocycles. The van der Waals surface area contributed by atoms with Gasteiger partial charge in [0.2, 0.25) is 5.89 Å². The van der Waals surface area contributed by atoms with Gasteiger partial charge in [0.15, 0.2) is 0 Å². The van der Waals surface area contributed by atoms with E-state index in [1.165, 1.54) is 0 Å². The SMILES string of the molecule is N#Cc1ccc(OCCc2coc(-c3ccccc3)n2)cc1. The molecule has 0 bridgehead atoms.